The van der Waals surface area contributed by atoms with Gasteiger partial charge in [-0.2, -0.15) is 4.98 Å². The summed E-state index contributed by atoms with van der Waals surface area (Å²) in [6, 6.07) is 2.23. The molecule has 1 aliphatic heterocycles. The Labute approximate surface area is 137 Å². The highest BCUT2D eigenvalue weighted by Crippen LogP contribution is 2.17. The molecular weight excluding hydrogens is 294 g/mol. The molecule has 0 atom stereocenters. The average molecular weight is 321 g/mol. The van der Waals surface area contributed by atoms with Crippen LogP contribution in [0.3, 0.4) is 0 Å². The zero-order valence-electron chi connectivity index (χ0n) is 14.3. The predicted molar refractivity (Wildman–Crippen MR) is 90.8 cm³/mol. The van der Waals surface area contributed by atoms with Crippen molar-refractivity contribution >= 4 is 17.9 Å². The van der Waals surface area contributed by atoms with E-state index >= 15 is 0 Å². The lowest BCUT2D eigenvalue weighted by molar-refractivity contribution is 0.0983. The van der Waals surface area contributed by atoms with Gasteiger partial charge in [-0.3, -0.25) is 0 Å². The van der Waals surface area contributed by atoms with Crippen molar-refractivity contribution in [3.63, 3.8) is 0 Å². The lowest BCUT2D eigenvalue weighted by Crippen LogP contribution is -2.42. The smallest absolute Gasteiger partial charge is 0.409 e. The third-order valence-electron chi connectivity index (χ3n) is 3.76. The van der Waals surface area contributed by atoms with E-state index in [0.717, 1.165) is 37.3 Å². The minimum absolute atomic E-state index is 0.219. The number of carbonyl (C=O) groups is 1. The molecule has 2 N–H and O–H groups in total. The van der Waals surface area contributed by atoms with Crippen LogP contribution in [0.25, 0.3) is 0 Å². The molecule has 1 aromatic heterocycles. The van der Waals surface area contributed by atoms with Gasteiger partial charge in [0, 0.05) is 37.4 Å². The number of rotatable bonds is 6. The molecule has 7 nitrogen and oxygen atoms in total. The number of nitrogens with one attached hydrogen (secondary N) is 2. The highest BCUT2D eigenvalue weighted by Gasteiger charge is 2.24. The van der Waals surface area contributed by atoms with E-state index in [-0.39, 0.29) is 12.1 Å². The van der Waals surface area contributed by atoms with Crippen molar-refractivity contribution in [2.24, 2.45) is 0 Å². The van der Waals surface area contributed by atoms with E-state index in [4.69, 9.17) is 4.74 Å². The fraction of sp³-hybridized carbons (Fsp3) is 0.688. The molecule has 1 saturated heterocycles. The zero-order chi connectivity index (χ0) is 16.7. The third-order valence-corrected chi connectivity index (χ3v) is 3.76. The molecule has 0 radical (unpaired) electrons. The summed E-state index contributed by atoms with van der Waals surface area (Å²) in [6.45, 7) is 8.62. The number of carbonyl (C=O) groups excluding carboxylic acids is 1. The summed E-state index contributed by atoms with van der Waals surface area (Å²) in [5, 5.41) is 6.68. The van der Waals surface area contributed by atoms with Gasteiger partial charge in [-0.1, -0.05) is 6.92 Å². The quantitative estimate of drug-likeness (QED) is 0.838. The summed E-state index contributed by atoms with van der Waals surface area (Å²) in [5.41, 5.74) is 0.935. The monoisotopic (exact) mass is 321 g/mol. The van der Waals surface area contributed by atoms with Crippen LogP contribution in [0, 0.1) is 6.92 Å². The number of anilines is 2. The Hall–Kier alpha value is -2.05. The van der Waals surface area contributed by atoms with E-state index in [2.05, 4.69) is 27.5 Å². The second-order valence-corrected chi connectivity index (χ2v) is 5.75. The van der Waals surface area contributed by atoms with E-state index in [0.29, 0.717) is 25.6 Å². The maximum atomic E-state index is 11.7. The Bertz CT molecular complexity index is 515. The standard InChI is InChI=1S/C16H27N5O2/c1-4-8-17-14-11-12(3)18-15(20-14)19-13-6-9-21(10-7-13)16(22)23-5-2/h11,13H,4-10H2,1-3H3,(H2,17,18,19,20). The van der Waals surface area contributed by atoms with E-state index in [9.17, 15) is 4.79 Å². The molecule has 1 aliphatic rings. The minimum Gasteiger partial charge on any atom is -0.450 e. The van der Waals surface area contributed by atoms with Gasteiger partial charge in [0.05, 0.1) is 6.61 Å². The highest BCUT2D eigenvalue weighted by molar-refractivity contribution is 5.67. The molecule has 0 bridgehead atoms. The molecule has 0 spiro atoms. The largest absolute Gasteiger partial charge is 0.450 e. The van der Waals surface area contributed by atoms with Crippen LogP contribution in [-0.2, 0) is 4.74 Å². The number of aromatic nitrogens is 2. The van der Waals surface area contributed by atoms with Crippen LogP contribution in [-0.4, -0.2) is 53.2 Å². The molecule has 7 heteroatoms. The Balaban J connectivity index is 1.88. The van der Waals surface area contributed by atoms with Crippen molar-refractivity contribution in [2.45, 2.75) is 46.1 Å². The fourth-order valence-electron chi connectivity index (χ4n) is 2.58. The van der Waals surface area contributed by atoms with Crippen molar-refractivity contribution in [3.05, 3.63) is 11.8 Å². The normalized spacial score (nSPS) is 15.3. The van der Waals surface area contributed by atoms with Crippen LogP contribution in [0.4, 0.5) is 16.6 Å². The van der Waals surface area contributed by atoms with Crippen LogP contribution in [0.5, 0.6) is 0 Å². The summed E-state index contributed by atoms with van der Waals surface area (Å²) in [6.07, 6.45) is 2.57. The zero-order valence-corrected chi connectivity index (χ0v) is 14.3. The van der Waals surface area contributed by atoms with Gasteiger partial charge in [-0.25, -0.2) is 9.78 Å². The molecule has 128 valence electrons. The Kier molecular flexibility index (Phi) is 6.43. The van der Waals surface area contributed by atoms with Crippen molar-refractivity contribution in [1.82, 2.24) is 14.9 Å². The van der Waals surface area contributed by atoms with Gasteiger partial charge in [0.25, 0.3) is 0 Å². The molecule has 2 heterocycles. The topological polar surface area (TPSA) is 79.4 Å². The van der Waals surface area contributed by atoms with Crippen molar-refractivity contribution in [1.29, 1.82) is 0 Å². The summed E-state index contributed by atoms with van der Waals surface area (Å²) in [4.78, 5) is 22.4. The maximum absolute atomic E-state index is 11.7. The van der Waals surface area contributed by atoms with Gasteiger partial charge in [0.1, 0.15) is 5.82 Å². The maximum Gasteiger partial charge on any atom is 0.409 e. The van der Waals surface area contributed by atoms with Crippen molar-refractivity contribution in [2.75, 3.05) is 36.9 Å². The molecule has 2 rings (SSSR count). The van der Waals surface area contributed by atoms with Gasteiger partial charge >= 0.3 is 6.09 Å². The number of hydrogen-bond donors (Lipinski definition) is 2. The molecule has 1 fully saturated rings. The summed E-state index contributed by atoms with van der Waals surface area (Å²) in [7, 11) is 0. The number of ether oxygens (including phenoxy) is 1. The fourth-order valence-corrected chi connectivity index (χ4v) is 2.58. The first-order chi connectivity index (χ1) is 11.1. The van der Waals surface area contributed by atoms with Crippen LogP contribution in [0.15, 0.2) is 6.07 Å². The lowest BCUT2D eigenvalue weighted by Gasteiger charge is -2.31. The minimum atomic E-state index is -0.219. The molecule has 0 aliphatic carbocycles. The average Bonchev–Trinajstić information content (AvgIpc) is 2.53. The third kappa shape index (κ3) is 5.26. The van der Waals surface area contributed by atoms with Crippen LogP contribution in [0.2, 0.25) is 0 Å². The lowest BCUT2D eigenvalue weighted by atomic mass is 10.1. The molecule has 1 amide bonds. The van der Waals surface area contributed by atoms with Gasteiger partial charge in [0.15, 0.2) is 0 Å². The van der Waals surface area contributed by atoms with Gasteiger partial charge in [-0.05, 0) is 33.1 Å². The van der Waals surface area contributed by atoms with E-state index in [1.807, 2.05) is 19.9 Å². The van der Waals surface area contributed by atoms with Gasteiger partial charge in [0.2, 0.25) is 5.95 Å². The van der Waals surface area contributed by atoms with E-state index in [1.165, 1.54) is 0 Å². The first-order valence-corrected chi connectivity index (χ1v) is 8.40. The van der Waals surface area contributed by atoms with Crippen molar-refractivity contribution in [3.8, 4) is 0 Å². The first kappa shape index (κ1) is 17.3. The second-order valence-electron chi connectivity index (χ2n) is 5.75. The molecular formula is C16H27N5O2. The number of hydrogen-bond acceptors (Lipinski definition) is 6. The summed E-state index contributed by atoms with van der Waals surface area (Å²) < 4.78 is 5.04. The number of likely N-dealkylation sites (tertiary alicyclic amines) is 1. The highest BCUT2D eigenvalue weighted by atomic mass is 16.6. The number of piperidine rings is 1. The Morgan fingerprint density at radius 2 is 2.09 bits per heavy atom. The second kappa shape index (κ2) is 8.55. The Morgan fingerprint density at radius 3 is 2.74 bits per heavy atom. The van der Waals surface area contributed by atoms with E-state index < -0.39 is 0 Å². The molecule has 0 aromatic carbocycles. The Morgan fingerprint density at radius 1 is 1.35 bits per heavy atom. The molecule has 1 aromatic rings. The van der Waals surface area contributed by atoms with Crippen LogP contribution >= 0.6 is 0 Å². The van der Waals surface area contributed by atoms with Crippen LogP contribution in [0.1, 0.15) is 38.8 Å². The molecule has 23 heavy (non-hydrogen) atoms. The number of amides is 1. The first-order valence-electron chi connectivity index (χ1n) is 8.40. The van der Waals surface area contributed by atoms with Crippen LogP contribution < -0.4 is 10.6 Å². The summed E-state index contributed by atoms with van der Waals surface area (Å²) >= 11 is 0. The number of aryl methyl sites for hydroxylation is 1. The SMILES string of the molecule is CCCNc1cc(C)nc(NC2CCN(C(=O)OCC)CC2)n1. The summed E-state index contributed by atoms with van der Waals surface area (Å²) in [5.74, 6) is 1.50. The van der Waals surface area contributed by atoms with Gasteiger partial charge < -0.3 is 20.3 Å². The van der Waals surface area contributed by atoms with Gasteiger partial charge in [-0.15, -0.1) is 0 Å². The predicted octanol–water partition coefficient (Wildman–Crippen LogP) is 2.64. The molecule has 0 saturated carbocycles. The number of nitrogens with zero attached hydrogens (tertiary/aromatic N) is 3. The molecule has 0 unspecified atom stereocenters. The van der Waals surface area contributed by atoms with E-state index in [1.54, 1.807) is 4.90 Å². The van der Waals surface area contributed by atoms with Crippen molar-refractivity contribution < 1.29 is 9.53 Å².